The topological polar surface area (TPSA) is 58.9 Å². The smallest absolute Gasteiger partial charge is 0.211 e. The molecule has 1 saturated carbocycles. The van der Waals surface area contributed by atoms with E-state index < -0.39 is 0 Å². The molecular weight excluding hydrogens is 192 g/mol. The second-order valence-electron chi connectivity index (χ2n) is 4.92. The van der Waals surface area contributed by atoms with E-state index in [4.69, 9.17) is 0 Å². The van der Waals surface area contributed by atoms with Gasteiger partial charge >= 0.3 is 0 Å². The molecule has 1 fully saturated rings. The zero-order chi connectivity index (χ0) is 11.4. The van der Waals surface area contributed by atoms with Crippen LogP contribution in [0, 0.1) is 5.41 Å². The highest BCUT2D eigenvalue weighted by atomic mass is 16.1. The van der Waals surface area contributed by atoms with Crippen molar-refractivity contribution in [3.63, 3.8) is 0 Å². The molecule has 0 unspecified atom stereocenters. The second-order valence-corrected chi connectivity index (χ2v) is 4.92. The lowest BCUT2D eigenvalue weighted by atomic mass is 9.69. The molecule has 0 heterocycles. The largest absolute Gasteiger partial charge is 0.235 e. The van der Waals surface area contributed by atoms with Crippen molar-refractivity contribution in [2.24, 2.45) is 15.4 Å². The minimum atomic E-state index is -0.258. The predicted molar refractivity (Wildman–Crippen MR) is 56.1 cm³/mol. The first-order chi connectivity index (χ1) is 7.04. The Hall–Kier alpha value is -1.24. The lowest BCUT2D eigenvalue weighted by molar-refractivity contribution is 0.166. The Morgan fingerprint density at radius 2 is 1.67 bits per heavy atom. The molecule has 0 atom stereocenters. The van der Waals surface area contributed by atoms with Crippen molar-refractivity contribution in [3.8, 4) is 0 Å². The van der Waals surface area contributed by atoms with Gasteiger partial charge in [0.05, 0.1) is 12.1 Å². The fourth-order valence-electron chi connectivity index (χ4n) is 2.00. The van der Waals surface area contributed by atoms with Gasteiger partial charge in [0.15, 0.2) is 0 Å². The molecule has 4 nitrogen and oxygen atoms in total. The number of nitrogens with zero attached hydrogens (tertiary/aromatic N) is 2. The number of hydrogen-bond acceptors (Lipinski definition) is 4. The number of isocyanates is 2. The highest BCUT2D eigenvalue weighted by Crippen LogP contribution is 2.42. The average Bonchev–Trinajstić information content (AvgIpc) is 2.21. The Bertz CT molecular complexity index is 317. The van der Waals surface area contributed by atoms with E-state index in [0.717, 1.165) is 25.7 Å². The average molecular weight is 208 g/mol. The van der Waals surface area contributed by atoms with E-state index in [2.05, 4.69) is 16.9 Å². The van der Waals surface area contributed by atoms with E-state index in [0.29, 0.717) is 6.54 Å². The summed E-state index contributed by atoms with van der Waals surface area (Å²) >= 11 is 0. The van der Waals surface area contributed by atoms with Gasteiger partial charge in [0.2, 0.25) is 12.2 Å². The van der Waals surface area contributed by atoms with Crippen LogP contribution in [0.15, 0.2) is 9.98 Å². The van der Waals surface area contributed by atoms with E-state index >= 15 is 0 Å². The quantitative estimate of drug-likeness (QED) is 0.526. The zero-order valence-corrected chi connectivity index (χ0v) is 9.25. The maximum Gasteiger partial charge on any atom is 0.235 e. The summed E-state index contributed by atoms with van der Waals surface area (Å²) in [5.41, 5.74) is -0.193. The van der Waals surface area contributed by atoms with E-state index in [1.165, 1.54) is 0 Å². The van der Waals surface area contributed by atoms with Gasteiger partial charge in [-0.1, -0.05) is 6.92 Å². The molecule has 4 heteroatoms. The van der Waals surface area contributed by atoms with Gasteiger partial charge in [-0.2, -0.15) is 4.99 Å². The molecule has 0 aromatic heterocycles. The van der Waals surface area contributed by atoms with Crippen LogP contribution in [0.3, 0.4) is 0 Å². The van der Waals surface area contributed by atoms with Crippen LogP contribution in [-0.2, 0) is 9.59 Å². The molecule has 0 radical (unpaired) electrons. The molecule has 1 aliphatic carbocycles. The van der Waals surface area contributed by atoms with Crippen molar-refractivity contribution in [1.82, 2.24) is 0 Å². The summed E-state index contributed by atoms with van der Waals surface area (Å²) in [6.45, 7) is 4.61. The molecule has 0 aromatic carbocycles. The van der Waals surface area contributed by atoms with Gasteiger partial charge in [-0.05, 0) is 38.0 Å². The van der Waals surface area contributed by atoms with Crippen LogP contribution in [-0.4, -0.2) is 24.2 Å². The van der Waals surface area contributed by atoms with Crippen LogP contribution >= 0.6 is 0 Å². The van der Waals surface area contributed by atoms with Gasteiger partial charge in [-0.15, -0.1) is 0 Å². The summed E-state index contributed by atoms with van der Waals surface area (Å²) in [6, 6.07) is 0. The first-order valence-corrected chi connectivity index (χ1v) is 5.16. The minimum absolute atomic E-state index is 0.0648. The van der Waals surface area contributed by atoms with Gasteiger partial charge in [0.1, 0.15) is 0 Å². The van der Waals surface area contributed by atoms with Crippen LogP contribution in [0.2, 0.25) is 0 Å². The lowest BCUT2D eigenvalue weighted by Crippen LogP contribution is -2.35. The Labute approximate surface area is 89.5 Å². The molecule has 0 aromatic rings. The van der Waals surface area contributed by atoms with Crippen molar-refractivity contribution in [2.45, 2.75) is 45.1 Å². The fourth-order valence-corrected chi connectivity index (χ4v) is 2.00. The van der Waals surface area contributed by atoms with Crippen LogP contribution in [0.1, 0.15) is 39.5 Å². The molecule has 0 saturated heterocycles. The number of aliphatic imine (C=N–C) groups is 2. The molecule has 0 aliphatic heterocycles. The van der Waals surface area contributed by atoms with E-state index in [-0.39, 0.29) is 11.0 Å². The molecular formula is C11H16N2O2. The third-order valence-electron chi connectivity index (χ3n) is 3.38. The van der Waals surface area contributed by atoms with Crippen LogP contribution in [0.4, 0.5) is 0 Å². The number of carbonyl (C=O) groups excluding carboxylic acids is 2. The minimum Gasteiger partial charge on any atom is -0.211 e. The van der Waals surface area contributed by atoms with Crippen molar-refractivity contribution in [2.75, 3.05) is 6.54 Å². The van der Waals surface area contributed by atoms with Crippen molar-refractivity contribution in [3.05, 3.63) is 0 Å². The van der Waals surface area contributed by atoms with E-state index in [1.54, 1.807) is 12.2 Å². The molecule has 82 valence electrons. The molecule has 0 amide bonds. The summed E-state index contributed by atoms with van der Waals surface area (Å²) in [5.74, 6) is 0. The van der Waals surface area contributed by atoms with Crippen LogP contribution < -0.4 is 0 Å². The maximum atomic E-state index is 10.3. The normalized spacial score (nSPS) is 35.1. The van der Waals surface area contributed by atoms with E-state index in [9.17, 15) is 9.59 Å². The molecule has 0 spiro atoms. The van der Waals surface area contributed by atoms with Crippen LogP contribution in [0.25, 0.3) is 0 Å². The Morgan fingerprint density at radius 1 is 1.07 bits per heavy atom. The SMILES string of the molecule is CC1(CN=C=O)CCC(C)(N=C=O)CC1. The number of rotatable bonds is 3. The van der Waals surface area contributed by atoms with Crippen LogP contribution in [0.5, 0.6) is 0 Å². The molecule has 0 N–H and O–H groups in total. The molecule has 15 heavy (non-hydrogen) atoms. The third-order valence-corrected chi connectivity index (χ3v) is 3.38. The van der Waals surface area contributed by atoms with Gasteiger partial charge < -0.3 is 0 Å². The van der Waals surface area contributed by atoms with E-state index in [1.807, 2.05) is 6.92 Å². The van der Waals surface area contributed by atoms with Crippen molar-refractivity contribution in [1.29, 1.82) is 0 Å². The highest BCUT2D eigenvalue weighted by molar-refractivity contribution is 5.35. The van der Waals surface area contributed by atoms with Gasteiger partial charge in [-0.25, -0.2) is 14.6 Å². The zero-order valence-electron chi connectivity index (χ0n) is 9.25. The summed E-state index contributed by atoms with van der Waals surface area (Å²) in [5, 5.41) is 0. The maximum absolute atomic E-state index is 10.3. The fraction of sp³-hybridized carbons (Fsp3) is 0.818. The predicted octanol–water partition coefficient (Wildman–Crippen LogP) is 2.00. The Morgan fingerprint density at radius 3 is 2.13 bits per heavy atom. The van der Waals surface area contributed by atoms with Crippen molar-refractivity contribution < 1.29 is 9.59 Å². The second kappa shape index (κ2) is 4.52. The van der Waals surface area contributed by atoms with Gasteiger partial charge in [0, 0.05) is 0 Å². The van der Waals surface area contributed by atoms with Gasteiger partial charge in [-0.3, -0.25) is 0 Å². The monoisotopic (exact) mass is 208 g/mol. The standard InChI is InChI=1S/C11H16N2O2/c1-10(7-12-8-14)3-5-11(2,6-4-10)13-9-15/h3-7H2,1-2H3. The molecule has 1 aliphatic rings. The number of hydrogen-bond donors (Lipinski definition) is 0. The highest BCUT2D eigenvalue weighted by Gasteiger charge is 2.37. The summed E-state index contributed by atoms with van der Waals surface area (Å²) < 4.78 is 0. The summed E-state index contributed by atoms with van der Waals surface area (Å²) in [7, 11) is 0. The first-order valence-electron chi connectivity index (χ1n) is 5.16. The van der Waals surface area contributed by atoms with Crippen molar-refractivity contribution >= 4 is 12.2 Å². The molecule has 1 rings (SSSR count). The third kappa shape index (κ3) is 3.12. The summed E-state index contributed by atoms with van der Waals surface area (Å²) in [6.07, 6.45) is 6.78. The van der Waals surface area contributed by atoms with Gasteiger partial charge in [0.25, 0.3) is 0 Å². The first kappa shape index (κ1) is 11.8. The Balaban J connectivity index is 2.61. The Kier molecular flexibility index (Phi) is 3.57. The molecule has 0 bridgehead atoms. The lowest BCUT2D eigenvalue weighted by Gasteiger charge is -2.39. The summed E-state index contributed by atoms with van der Waals surface area (Å²) in [4.78, 5) is 27.8.